The van der Waals surface area contributed by atoms with Crippen LogP contribution in [0.25, 0.3) is 0 Å². The zero-order valence-electron chi connectivity index (χ0n) is 13.5. The van der Waals surface area contributed by atoms with Crippen LogP contribution >= 0.6 is 36.4 Å². The second-order valence-corrected chi connectivity index (χ2v) is 5.84. The molecule has 1 aromatic heterocycles. The first kappa shape index (κ1) is 20.8. The molecule has 8 heteroatoms. The highest BCUT2D eigenvalue weighted by Gasteiger charge is 2.16. The molecular formula is C16H22Cl3N5. The molecule has 0 aliphatic carbocycles. The summed E-state index contributed by atoms with van der Waals surface area (Å²) in [4.78, 5) is 13.2. The summed E-state index contributed by atoms with van der Waals surface area (Å²) >= 11 is 5.94. The number of aromatic nitrogens is 2. The Morgan fingerprint density at radius 1 is 1.04 bits per heavy atom. The van der Waals surface area contributed by atoms with E-state index in [9.17, 15) is 0 Å². The van der Waals surface area contributed by atoms with Gasteiger partial charge in [0.1, 0.15) is 11.6 Å². The van der Waals surface area contributed by atoms with Gasteiger partial charge in [-0.3, -0.25) is 4.90 Å². The van der Waals surface area contributed by atoms with Gasteiger partial charge in [0.15, 0.2) is 0 Å². The van der Waals surface area contributed by atoms with Gasteiger partial charge in [0.2, 0.25) is 0 Å². The van der Waals surface area contributed by atoms with Crippen LogP contribution in [0.15, 0.2) is 36.5 Å². The summed E-state index contributed by atoms with van der Waals surface area (Å²) < 4.78 is 0. The lowest BCUT2D eigenvalue weighted by Crippen LogP contribution is -2.48. The number of anilines is 2. The molecule has 1 N–H and O–H groups in total. The van der Waals surface area contributed by atoms with Crippen molar-refractivity contribution < 1.29 is 0 Å². The molecule has 1 aliphatic rings. The van der Waals surface area contributed by atoms with Crippen LogP contribution in [-0.2, 0) is 0 Å². The van der Waals surface area contributed by atoms with Crippen LogP contribution in [0.1, 0.15) is 5.82 Å². The maximum absolute atomic E-state index is 5.94. The summed E-state index contributed by atoms with van der Waals surface area (Å²) in [6, 6.07) is 9.96. The molecule has 0 bridgehead atoms. The van der Waals surface area contributed by atoms with Crippen molar-refractivity contribution >= 4 is 47.9 Å². The van der Waals surface area contributed by atoms with E-state index >= 15 is 0 Å². The van der Waals surface area contributed by atoms with Crippen molar-refractivity contribution in [1.29, 1.82) is 0 Å². The van der Waals surface area contributed by atoms with Gasteiger partial charge in [-0.1, -0.05) is 11.6 Å². The number of aryl methyl sites for hydroxylation is 1. The topological polar surface area (TPSA) is 44.3 Å². The molecule has 132 valence electrons. The van der Waals surface area contributed by atoms with Crippen LogP contribution in [0.3, 0.4) is 0 Å². The van der Waals surface area contributed by atoms with Gasteiger partial charge < -0.3 is 10.2 Å². The van der Waals surface area contributed by atoms with Crippen molar-refractivity contribution in [2.24, 2.45) is 0 Å². The average Bonchev–Trinajstić information content (AvgIpc) is 2.54. The Bertz CT molecular complexity index is 615. The summed E-state index contributed by atoms with van der Waals surface area (Å²) in [7, 11) is 0. The summed E-state index contributed by atoms with van der Waals surface area (Å²) in [6.45, 7) is 6.80. The predicted molar refractivity (Wildman–Crippen MR) is 105 cm³/mol. The van der Waals surface area contributed by atoms with E-state index in [4.69, 9.17) is 11.6 Å². The molecule has 2 heterocycles. The first-order chi connectivity index (χ1) is 10.7. The largest absolute Gasteiger partial charge is 0.369 e. The Balaban J connectivity index is 0.00000144. The summed E-state index contributed by atoms with van der Waals surface area (Å²) in [5.41, 5.74) is 1.24. The molecule has 24 heavy (non-hydrogen) atoms. The van der Waals surface area contributed by atoms with Crippen LogP contribution in [0, 0.1) is 6.92 Å². The molecule has 1 aliphatic heterocycles. The van der Waals surface area contributed by atoms with Gasteiger partial charge in [-0.2, -0.15) is 0 Å². The monoisotopic (exact) mass is 389 g/mol. The number of nitrogens with one attached hydrogen (secondary N) is 1. The van der Waals surface area contributed by atoms with E-state index in [0.717, 1.165) is 49.5 Å². The molecule has 0 atom stereocenters. The molecule has 0 radical (unpaired) electrons. The van der Waals surface area contributed by atoms with Crippen LogP contribution in [0.5, 0.6) is 0 Å². The third-order valence-corrected chi connectivity index (χ3v) is 4.08. The fraction of sp³-hybridized carbons (Fsp3) is 0.375. The predicted octanol–water partition coefficient (Wildman–Crippen LogP) is 3.47. The van der Waals surface area contributed by atoms with Crippen molar-refractivity contribution in [3.8, 4) is 0 Å². The summed E-state index contributed by atoms with van der Waals surface area (Å²) in [5, 5.41) is 4.14. The van der Waals surface area contributed by atoms with Crippen LogP contribution in [0.2, 0.25) is 5.02 Å². The van der Waals surface area contributed by atoms with Gasteiger partial charge in [0, 0.05) is 43.1 Å². The Morgan fingerprint density at radius 3 is 2.33 bits per heavy atom. The Kier molecular flexibility index (Phi) is 8.56. The molecule has 3 rings (SSSR count). The lowest BCUT2D eigenvalue weighted by Gasteiger charge is -2.36. The van der Waals surface area contributed by atoms with E-state index in [0.29, 0.717) is 0 Å². The minimum Gasteiger partial charge on any atom is -0.369 e. The highest BCUT2D eigenvalue weighted by molar-refractivity contribution is 6.30. The zero-order chi connectivity index (χ0) is 15.4. The van der Waals surface area contributed by atoms with Gasteiger partial charge in [0.05, 0.1) is 6.67 Å². The molecule has 1 fully saturated rings. The molecule has 0 spiro atoms. The second kappa shape index (κ2) is 9.89. The average molecular weight is 391 g/mol. The van der Waals surface area contributed by atoms with Gasteiger partial charge in [-0.05, 0) is 37.3 Å². The van der Waals surface area contributed by atoms with Gasteiger partial charge in [-0.25, -0.2) is 9.97 Å². The van der Waals surface area contributed by atoms with E-state index in [1.165, 1.54) is 5.69 Å². The second-order valence-electron chi connectivity index (χ2n) is 5.41. The first-order valence-corrected chi connectivity index (χ1v) is 7.85. The highest BCUT2D eigenvalue weighted by Crippen LogP contribution is 2.19. The number of benzene rings is 1. The third kappa shape index (κ3) is 5.67. The lowest BCUT2D eigenvalue weighted by molar-refractivity contribution is 0.275. The molecule has 0 unspecified atom stereocenters. The quantitative estimate of drug-likeness (QED) is 0.866. The highest BCUT2D eigenvalue weighted by atomic mass is 35.5. The van der Waals surface area contributed by atoms with E-state index in [2.05, 4.69) is 37.2 Å². The number of rotatable bonds is 4. The molecular weight excluding hydrogens is 369 g/mol. The molecule has 0 saturated carbocycles. The Morgan fingerprint density at radius 2 is 1.71 bits per heavy atom. The van der Waals surface area contributed by atoms with Gasteiger partial charge in [0.25, 0.3) is 0 Å². The van der Waals surface area contributed by atoms with E-state index < -0.39 is 0 Å². The van der Waals surface area contributed by atoms with E-state index in [1.54, 1.807) is 6.20 Å². The number of nitrogens with zero attached hydrogens (tertiary/aromatic N) is 4. The van der Waals surface area contributed by atoms with E-state index in [1.807, 2.05) is 25.1 Å². The van der Waals surface area contributed by atoms with Crippen molar-refractivity contribution in [2.75, 3.05) is 43.1 Å². The molecule has 5 nitrogen and oxygen atoms in total. The van der Waals surface area contributed by atoms with Crippen molar-refractivity contribution in [2.45, 2.75) is 6.92 Å². The SMILES string of the molecule is Cc1nccc(NCN2CCN(c3ccc(Cl)cc3)CC2)n1.Cl.Cl. The van der Waals surface area contributed by atoms with Crippen molar-refractivity contribution in [3.63, 3.8) is 0 Å². The Labute approximate surface area is 160 Å². The minimum absolute atomic E-state index is 0. The zero-order valence-corrected chi connectivity index (χ0v) is 15.9. The first-order valence-electron chi connectivity index (χ1n) is 7.47. The van der Waals surface area contributed by atoms with Gasteiger partial charge >= 0.3 is 0 Å². The number of piperazine rings is 1. The number of halogens is 3. The van der Waals surface area contributed by atoms with E-state index in [-0.39, 0.29) is 24.8 Å². The van der Waals surface area contributed by atoms with Crippen molar-refractivity contribution in [1.82, 2.24) is 14.9 Å². The minimum atomic E-state index is 0. The number of hydrogen-bond donors (Lipinski definition) is 1. The van der Waals surface area contributed by atoms with Crippen LogP contribution in [0.4, 0.5) is 11.5 Å². The number of hydrogen-bond acceptors (Lipinski definition) is 5. The molecule has 1 aromatic carbocycles. The fourth-order valence-electron chi connectivity index (χ4n) is 2.56. The van der Waals surface area contributed by atoms with Gasteiger partial charge in [-0.15, -0.1) is 24.8 Å². The molecule has 1 saturated heterocycles. The van der Waals surface area contributed by atoms with Crippen molar-refractivity contribution in [3.05, 3.63) is 47.4 Å². The molecule has 2 aromatic rings. The standard InChI is InChI=1S/C16H20ClN5.2ClH/c1-13-18-7-6-16(20-13)19-12-21-8-10-22(11-9-21)15-4-2-14(17)3-5-15;;/h2-7H,8-12H2,1H3,(H,18,19,20);2*1H. The summed E-state index contributed by atoms with van der Waals surface area (Å²) in [6.07, 6.45) is 1.78. The lowest BCUT2D eigenvalue weighted by atomic mass is 10.2. The third-order valence-electron chi connectivity index (χ3n) is 3.82. The maximum Gasteiger partial charge on any atom is 0.130 e. The molecule has 0 amide bonds. The Hall–Kier alpha value is -1.27. The van der Waals surface area contributed by atoms with Crippen LogP contribution < -0.4 is 10.2 Å². The maximum atomic E-state index is 5.94. The summed E-state index contributed by atoms with van der Waals surface area (Å²) in [5.74, 6) is 1.67. The smallest absolute Gasteiger partial charge is 0.130 e. The normalized spacial score (nSPS) is 14.5. The van der Waals surface area contributed by atoms with Crippen LogP contribution in [-0.4, -0.2) is 47.7 Å². The fourth-order valence-corrected chi connectivity index (χ4v) is 2.69.